The number of nitrogens with one attached hydrogen (secondary N) is 2. The number of carbonyl (C=O) groups excluding carboxylic acids is 1. The Kier molecular flexibility index (Phi) is 7.64. The molecule has 4 heteroatoms. The van der Waals surface area contributed by atoms with E-state index < -0.39 is 0 Å². The van der Waals surface area contributed by atoms with E-state index in [1.807, 2.05) is 18.2 Å². The lowest BCUT2D eigenvalue weighted by Gasteiger charge is -2.07. The molecule has 2 N–H and O–H groups in total. The number of ether oxygens (including phenoxy) is 1. The molecule has 100 valence electrons. The number of rotatable bonds is 8. The molecule has 0 aliphatic carbocycles. The SMILES string of the molecule is COCCCNC(=O)NCCCc1ccccc1. The van der Waals surface area contributed by atoms with Crippen LogP contribution in [0.1, 0.15) is 18.4 Å². The summed E-state index contributed by atoms with van der Waals surface area (Å²) < 4.78 is 4.90. The van der Waals surface area contributed by atoms with Crippen LogP contribution >= 0.6 is 0 Å². The number of amides is 2. The Morgan fingerprint density at radius 3 is 2.44 bits per heavy atom. The maximum absolute atomic E-state index is 11.4. The van der Waals surface area contributed by atoms with Gasteiger partial charge in [-0.15, -0.1) is 0 Å². The minimum atomic E-state index is -0.0980. The maximum atomic E-state index is 11.4. The predicted molar refractivity (Wildman–Crippen MR) is 72.7 cm³/mol. The lowest BCUT2D eigenvalue weighted by molar-refractivity contribution is 0.193. The van der Waals surface area contributed by atoms with E-state index >= 15 is 0 Å². The van der Waals surface area contributed by atoms with Gasteiger partial charge in [0, 0.05) is 26.8 Å². The first kappa shape index (κ1) is 14.5. The predicted octanol–water partition coefficient (Wildman–Crippen LogP) is 1.95. The van der Waals surface area contributed by atoms with Gasteiger partial charge < -0.3 is 15.4 Å². The van der Waals surface area contributed by atoms with Crippen LogP contribution in [0.3, 0.4) is 0 Å². The fourth-order valence-corrected chi connectivity index (χ4v) is 1.62. The standard InChI is InChI=1S/C14H22N2O2/c1-18-12-6-11-16-14(17)15-10-5-9-13-7-3-2-4-8-13/h2-4,7-8H,5-6,9-12H2,1H3,(H2,15,16,17). The second-order valence-corrected chi connectivity index (χ2v) is 4.12. The van der Waals surface area contributed by atoms with E-state index in [4.69, 9.17) is 4.74 Å². The quantitative estimate of drug-likeness (QED) is 0.693. The highest BCUT2D eigenvalue weighted by Crippen LogP contribution is 2.01. The molecule has 4 nitrogen and oxygen atoms in total. The van der Waals surface area contributed by atoms with Crippen molar-refractivity contribution in [3.05, 3.63) is 35.9 Å². The van der Waals surface area contributed by atoms with Gasteiger partial charge in [0.05, 0.1) is 0 Å². The normalized spacial score (nSPS) is 10.1. The highest BCUT2D eigenvalue weighted by atomic mass is 16.5. The molecular weight excluding hydrogens is 228 g/mol. The van der Waals surface area contributed by atoms with E-state index in [1.165, 1.54) is 5.56 Å². The van der Waals surface area contributed by atoms with Crippen molar-refractivity contribution in [2.24, 2.45) is 0 Å². The molecule has 0 saturated carbocycles. The fraction of sp³-hybridized carbons (Fsp3) is 0.500. The zero-order valence-corrected chi connectivity index (χ0v) is 10.9. The van der Waals surface area contributed by atoms with Gasteiger partial charge in [0.25, 0.3) is 0 Å². The fourth-order valence-electron chi connectivity index (χ4n) is 1.62. The Hall–Kier alpha value is -1.55. The topological polar surface area (TPSA) is 50.4 Å². The van der Waals surface area contributed by atoms with Crippen molar-refractivity contribution in [3.63, 3.8) is 0 Å². The Labute approximate surface area is 109 Å². The second-order valence-electron chi connectivity index (χ2n) is 4.12. The molecule has 0 aliphatic heterocycles. The van der Waals surface area contributed by atoms with Crippen molar-refractivity contribution in [2.45, 2.75) is 19.3 Å². The molecule has 0 heterocycles. The van der Waals surface area contributed by atoms with Crippen LogP contribution in [0.25, 0.3) is 0 Å². The number of aryl methyl sites for hydroxylation is 1. The van der Waals surface area contributed by atoms with E-state index in [9.17, 15) is 4.79 Å². The molecule has 1 aromatic rings. The third kappa shape index (κ3) is 6.91. The third-order valence-corrected chi connectivity index (χ3v) is 2.58. The van der Waals surface area contributed by atoms with Crippen molar-refractivity contribution in [1.29, 1.82) is 0 Å². The summed E-state index contributed by atoms with van der Waals surface area (Å²) in [6.45, 7) is 2.03. The zero-order valence-electron chi connectivity index (χ0n) is 10.9. The summed E-state index contributed by atoms with van der Waals surface area (Å²) in [5.41, 5.74) is 1.31. The molecule has 0 atom stereocenters. The van der Waals surface area contributed by atoms with E-state index in [1.54, 1.807) is 7.11 Å². The Balaban J connectivity index is 1.99. The number of carbonyl (C=O) groups is 1. The van der Waals surface area contributed by atoms with E-state index in [2.05, 4.69) is 22.8 Å². The summed E-state index contributed by atoms with van der Waals surface area (Å²) in [7, 11) is 1.66. The van der Waals surface area contributed by atoms with Gasteiger partial charge in [0.15, 0.2) is 0 Å². The van der Waals surface area contributed by atoms with Crippen LogP contribution in [0.15, 0.2) is 30.3 Å². The van der Waals surface area contributed by atoms with Gasteiger partial charge in [-0.25, -0.2) is 4.79 Å². The molecule has 0 fully saturated rings. The molecule has 0 aliphatic rings. The van der Waals surface area contributed by atoms with Crippen LogP contribution in [-0.4, -0.2) is 32.8 Å². The highest BCUT2D eigenvalue weighted by molar-refractivity contribution is 5.73. The van der Waals surface area contributed by atoms with Gasteiger partial charge in [-0.05, 0) is 24.8 Å². The smallest absolute Gasteiger partial charge is 0.314 e. The van der Waals surface area contributed by atoms with Crippen molar-refractivity contribution in [2.75, 3.05) is 26.8 Å². The number of methoxy groups -OCH3 is 1. The van der Waals surface area contributed by atoms with Crippen LogP contribution in [0.2, 0.25) is 0 Å². The summed E-state index contributed by atoms with van der Waals surface area (Å²) >= 11 is 0. The molecule has 0 unspecified atom stereocenters. The minimum Gasteiger partial charge on any atom is -0.385 e. The lowest BCUT2D eigenvalue weighted by Crippen LogP contribution is -2.36. The highest BCUT2D eigenvalue weighted by Gasteiger charge is 1.98. The summed E-state index contributed by atoms with van der Waals surface area (Å²) in [6.07, 6.45) is 2.79. The summed E-state index contributed by atoms with van der Waals surface area (Å²) in [4.78, 5) is 11.4. The van der Waals surface area contributed by atoms with Gasteiger partial charge in [-0.1, -0.05) is 30.3 Å². The number of hydrogen-bond acceptors (Lipinski definition) is 2. The zero-order chi connectivity index (χ0) is 13.1. The monoisotopic (exact) mass is 250 g/mol. The number of hydrogen-bond donors (Lipinski definition) is 2. The maximum Gasteiger partial charge on any atom is 0.314 e. The van der Waals surface area contributed by atoms with Crippen LogP contribution in [0.5, 0.6) is 0 Å². The van der Waals surface area contributed by atoms with E-state index in [0.29, 0.717) is 19.7 Å². The van der Waals surface area contributed by atoms with E-state index in [0.717, 1.165) is 19.3 Å². The van der Waals surface area contributed by atoms with Crippen LogP contribution in [0, 0.1) is 0 Å². The molecule has 0 radical (unpaired) electrons. The first-order chi connectivity index (χ1) is 8.83. The van der Waals surface area contributed by atoms with Gasteiger partial charge in [-0.2, -0.15) is 0 Å². The number of urea groups is 1. The van der Waals surface area contributed by atoms with Crippen molar-refractivity contribution >= 4 is 6.03 Å². The first-order valence-corrected chi connectivity index (χ1v) is 6.37. The molecule has 0 aromatic heterocycles. The molecule has 0 saturated heterocycles. The molecule has 0 bridgehead atoms. The molecule has 1 rings (SSSR count). The Morgan fingerprint density at radius 2 is 1.78 bits per heavy atom. The van der Waals surface area contributed by atoms with Gasteiger partial charge >= 0.3 is 6.03 Å². The largest absolute Gasteiger partial charge is 0.385 e. The molecule has 1 aromatic carbocycles. The summed E-state index contributed by atoms with van der Waals surface area (Å²) in [6, 6.07) is 10.2. The minimum absolute atomic E-state index is 0.0980. The second kappa shape index (κ2) is 9.48. The molecule has 0 spiro atoms. The van der Waals surface area contributed by atoms with Gasteiger partial charge in [0.2, 0.25) is 0 Å². The average Bonchev–Trinajstić information content (AvgIpc) is 2.41. The lowest BCUT2D eigenvalue weighted by atomic mass is 10.1. The van der Waals surface area contributed by atoms with Crippen molar-refractivity contribution in [3.8, 4) is 0 Å². The van der Waals surface area contributed by atoms with Crippen LogP contribution in [0.4, 0.5) is 4.79 Å². The Morgan fingerprint density at radius 1 is 1.11 bits per heavy atom. The van der Waals surface area contributed by atoms with E-state index in [-0.39, 0.29) is 6.03 Å². The molecule has 2 amide bonds. The first-order valence-electron chi connectivity index (χ1n) is 6.37. The van der Waals surface area contributed by atoms with Crippen molar-refractivity contribution in [1.82, 2.24) is 10.6 Å². The summed E-state index contributed by atoms with van der Waals surface area (Å²) in [5.74, 6) is 0. The van der Waals surface area contributed by atoms with Gasteiger partial charge in [-0.3, -0.25) is 0 Å². The summed E-state index contributed by atoms with van der Waals surface area (Å²) in [5, 5.41) is 5.63. The Bertz CT molecular complexity index is 328. The molecule has 18 heavy (non-hydrogen) atoms. The number of benzene rings is 1. The van der Waals surface area contributed by atoms with Crippen molar-refractivity contribution < 1.29 is 9.53 Å². The molecular formula is C14H22N2O2. The van der Waals surface area contributed by atoms with Crippen LogP contribution in [-0.2, 0) is 11.2 Å². The third-order valence-electron chi connectivity index (χ3n) is 2.58. The average molecular weight is 250 g/mol. The van der Waals surface area contributed by atoms with Gasteiger partial charge in [0.1, 0.15) is 0 Å². The van der Waals surface area contributed by atoms with Crippen LogP contribution < -0.4 is 10.6 Å².